The van der Waals surface area contributed by atoms with E-state index >= 15 is 0 Å². The Morgan fingerprint density at radius 2 is 1.89 bits per heavy atom. The fourth-order valence-electron chi connectivity index (χ4n) is 3.36. The minimum atomic E-state index is 0.387. The van der Waals surface area contributed by atoms with Gasteiger partial charge in [-0.15, -0.1) is 0 Å². The monoisotopic (exact) mass is 246 g/mol. The van der Waals surface area contributed by atoms with Crippen LogP contribution < -0.4 is 15.0 Å². The summed E-state index contributed by atoms with van der Waals surface area (Å²) in [7, 11) is 1.72. The summed E-state index contributed by atoms with van der Waals surface area (Å²) in [5.74, 6) is 0.935. The number of anilines is 1. The number of ether oxygens (including phenoxy) is 1. The average molecular weight is 246 g/mol. The normalized spacial score (nSPS) is 22.4. The molecule has 1 heterocycles. The molecule has 1 spiro atoms. The second-order valence-electron chi connectivity index (χ2n) is 5.53. The zero-order chi connectivity index (χ0) is 12.4. The van der Waals surface area contributed by atoms with Crippen molar-refractivity contribution in [2.45, 2.75) is 31.2 Å². The predicted octanol–water partition coefficient (Wildman–Crippen LogP) is 2.42. The lowest BCUT2D eigenvalue weighted by molar-refractivity contribution is 0.304. The maximum absolute atomic E-state index is 5.22. The topological polar surface area (TPSA) is 24.5 Å². The van der Waals surface area contributed by atoms with Crippen LogP contribution in [0.3, 0.4) is 0 Å². The van der Waals surface area contributed by atoms with E-state index in [1.165, 1.54) is 31.4 Å². The molecule has 1 saturated heterocycles. The van der Waals surface area contributed by atoms with Crippen LogP contribution >= 0.6 is 0 Å². The van der Waals surface area contributed by atoms with Gasteiger partial charge in [-0.3, -0.25) is 0 Å². The quantitative estimate of drug-likeness (QED) is 0.867. The molecule has 0 amide bonds. The van der Waals surface area contributed by atoms with Crippen molar-refractivity contribution in [1.82, 2.24) is 5.32 Å². The summed E-state index contributed by atoms with van der Waals surface area (Å²) in [6.45, 7) is 3.36. The molecule has 1 aliphatic carbocycles. The van der Waals surface area contributed by atoms with Gasteiger partial charge in [0.1, 0.15) is 5.75 Å². The van der Waals surface area contributed by atoms with Gasteiger partial charge in [-0.2, -0.15) is 0 Å². The number of piperazine rings is 1. The molecule has 0 aromatic heterocycles. The SMILES string of the molecule is COc1ccc(N2CCNC3(CCCC3)C2)cc1. The lowest BCUT2D eigenvalue weighted by atomic mass is 9.94. The molecule has 0 atom stereocenters. The molecular formula is C15H22N2O. The maximum atomic E-state index is 5.22. The van der Waals surface area contributed by atoms with E-state index in [2.05, 4.69) is 34.5 Å². The van der Waals surface area contributed by atoms with Gasteiger partial charge in [0.15, 0.2) is 0 Å². The fraction of sp³-hybridized carbons (Fsp3) is 0.600. The first kappa shape index (κ1) is 11.8. The molecule has 3 rings (SSSR count). The van der Waals surface area contributed by atoms with Gasteiger partial charge in [-0.1, -0.05) is 12.8 Å². The number of hydrogen-bond donors (Lipinski definition) is 1. The molecule has 1 aromatic rings. The van der Waals surface area contributed by atoms with E-state index < -0.39 is 0 Å². The van der Waals surface area contributed by atoms with Gasteiger partial charge < -0.3 is 15.0 Å². The van der Waals surface area contributed by atoms with E-state index in [-0.39, 0.29) is 0 Å². The molecule has 18 heavy (non-hydrogen) atoms. The van der Waals surface area contributed by atoms with E-state index in [1.54, 1.807) is 7.11 Å². The van der Waals surface area contributed by atoms with Gasteiger partial charge in [-0.05, 0) is 37.1 Å². The summed E-state index contributed by atoms with van der Waals surface area (Å²) >= 11 is 0. The van der Waals surface area contributed by atoms with Crippen LogP contribution in [0.1, 0.15) is 25.7 Å². The molecule has 3 heteroatoms. The standard InChI is InChI=1S/C15H22N2O/c1-18-14-6-4-13(5-7-14)17-11-10-16-15(12-17)8-2-3-9-15/h4-7,16H,2-3,8-12H2,1H3. The van der Waals surface area contributed by atoms with Gasteiger partial charge in [0.2, 0.25) is 0 Å². The smallest absolute Gasteiger partial charge is 0.119 e. The molecule has 1 aromatic carbocycles. The molecule has 1 aliphatic heterocycles. The number of nitrogens with zero attached hydrogens (tertiary/aromatic N) is 1. The van der Waals surface area contributed by atoms with Crippen molar-refractivity contribution in [1.29, 1.82) is 0 Å². The first-order valence-electron chi connectivity index (χ1n) is 6.95. The van der Waals surface area contributed by atoms with E-state index in [0.29, 0.717) is 5.54 Å². The van der Waals surface area contributed by atoms with E-state index in [1.807, 2.05) is 0 Å². The molecule has 98 valence electrons. The summed E-state index contributed by atoms with van der Waals surface area (Å²) in [5, 5.41) is 3.75. The van der Waals surface area contributed by atoms with Crippen molar-refractivity contribution in [2.24, 2.45) is 0 Å². The van der Waals surface area contributed by atoms with Gasteiger partial charge in [0.25, 0.3) is 0 Å². The molecular weight excluding hydrogens is 224 g/mol. The van der Waals surface area contributed by atoms with Crippen LogP contribution in [0, 0.1) is 0 Å². The molecule has 1 N–H and O–H groups in total. The van der Waals surface area contributed by atoms with Gasteiger partial charge in [-0.25, -0.2) is 0 Å². The van der Waals surface area contributed by atoms with Crippen LogP contribution in [-0.4, -0.2) is 32.3 Å². The minimum Gasteiger partial charge on any atom is -0.497 e. The summed E-state index contributed by atoms with van der Waals surface area (Å²) in [4.78, 5) is 2.52. The van der Waals surface area contributed by atoms with E-state index in [9.17, 15) is 0 Å². The average Bonchev–Trinajstić information content (AvgIpc) is 2.87. The molecule has 3 nitrogen and oxygen atoms in total. The van der Waals surface area contributed by atoms with Crippen LogP contribution in [0.15, 0.2) is 24.3 Å². The highest BCUT2D eigenvalue weighted by Crippen LogP contribution is 2.33. The Morgan fingerprint density at radius 1 is 1.17 bits per heavy atom. The Kier molecular flexibility index (Phi) is 3.16. The number of benzene rings is 1. The minimum absolute atomic E-state index is 0.387. The van der Waals surface area contributed by atoms with Gasteiger partial charge in [0, 0.05) is 30.9 Å². The number of methoxy groups -OCH3 is 1. The summed E-state index contributed by atoms with van der Waals surface area (Å²) in [5.41, 5.74) is 1.71. The van der Waals surface area contributed by atoms with Crippen molar-refractivity contribution in [3.63, 3.8) is 0 Å². The van der Waals surface area contributed by atoms with Gasteiger partial charge in [0.05, 0.1) is 7.11 Å². The molecule has 1 saturated carbocycles. The zero-order valence-electron chi connectivity index (χ0n) is 11.1. The molecule has 0 bridgehead atoms. The van der Waals surface area contributed by atoms with Crippen LogP contribution in [-0.2, 0) is 0 Å². The Labute approximate surface area is 109 Å². The Bertz CT molecular complexity index is 395. The Morgan fingerprint density at radius 3 is 2.56 bits per heavy atom. The van der Waals surface area contributed by atoms with Crippen LogP contribution in [0.4, 0.5) is 5.69 Å². The third-order valence-electron chi connectivity index (χ3n) is 4.37. The summed E-state index contributed by atoms with van der Waals surface area (Å²) < 4.78 is 5.22. The lowest BCUT2D eigenvalue weighted by Gasteiger charge is -2.42. The zero-order valence-corrected chi connectivity index (χ0v) is 11.1. The van der Waals surface area contributed by atoms with Crippen molar-refractivity contribution < 1.29 is 4.74 Å². The van der Waals surface area contributed by atoms with Gasteiger partial charge >= 0.3 is 0 Å². The number of hydrogen-bond acceptors (Lipinski definition) is 3. The highest BCUT2D eigenvalue weighted by molar-refractivity contribution is 5.50. The first-order valence-corrected chi connectivity index (χ1v) is 6.95. The largest absolute Gasteiger partial charge is 0.497 e. The van der Waals surface area contributed by atoms with Crippen LogP contribution in [0.2, 0.25) is 0 Å². The van der Waals surface area contributed by atoms with Crippen molar-refractivity contribution in [3.05, 3.63) is 24.3 Å². The molecule has 0 radical (unpaired) electrons. The highest BCUT2D eigenvalue weighted by Gasteiger charge is 2.37. The van der Waals surface area contributed by atoms with E-state index in [4.69, 9.17) is 4.74 Å². The van der Waals surface area contributed by atoms with Crippen molar-refractivity contribution >= 4 is 5.69 Å². The lowest BCUT2D eigenvalue weighted by Crippen LogP contribution is -2.59. The first-order chi connectivity index (χ1) is 8.81. The summed E-state index contributed by atoms with van der Waals surface area (Å²) in [6, 6.07) is 8.46. The van der Waals surface area contributed by atoms with Crippen LogP contribution in [0.5, 0.6) is 5.75 Å². The Balaban J connectivity index is 1.74. The third kappa shape index (κ3) is 2.19. The molecule has 0 unspecified atom stereocenters. The van der Waals surface area contributed by atoms with Crippen LogP contribution in [0.25, 0.3) is 0 Å². The third-order valence-corrected chi connectivity index (χ3v) is 4.37. The molecule has 2 fully saturated rings. The number of rotatable bonds is 2. The maximum Gasteiger partial charge on any atom is 0.119 e. The van der Waals surface area contributed by atoms with E-state index in [0.717, 1.165) is 25.4 Å². The second-order valence-corrected chi connectivity index (χ2v) is 5.53. The fourth-order valence-corrected chi connectivity index (χ4v) is 3.36. The second kappa shape index (κ2) is 4.81. The predicted molar refractivity (Wildman–Crippen MR) is 74.4 cm³/mol. The highest BCUT2D eigenvalue weighted by atomic mass is 16.5. The van der Waals surface area contributed by atoms with Crippen molar-refractivity contribution in [3.8, 4) is 5.75 Å². The molecule has 2 aliphatic rings. The number of nitrogens with one attached hydrogen (secondary N) is 1. The Hall–Kier alpha value is -1.22. The summed E-state index contributed by atoms with van der Waals surface area (Å²) in [6.07, 6.45) is 5.42. The van der Waals surface area contributed by atoms with Crippen molar-refractivity contribution in [2.75, 3.05) is 31.6 Å².